The first-order valence-corrected chi connectivity index (χ1v) is 6.74. The fraction of sp³-hybridized carbons (Fsp3) is 0.533. The summed E-state index contributed by atoms with van der Waals surface area (Å²) in [7, 11) is 1.45. The van der Waals surface area contributed by atoms with Crippen LogP contribution in [0.1, 0.15) is 29.5 Å². The highest BCUT2D eigenvalue weighted by Gasteiger charge is 2.24. The van der Waals surface area contributed by atoms with Gasteiger partial charge in [-0.2, -0.15) is 0 Å². The Morgan fingerprint density at radius 3 is 2.39 bits per heavy atom. The summed E-state index contributed by atoms with van der Waals surface area (Å²) in [5.41, 5.74) is 5.43. The predicted molar refractivity (Wildman–Crippen MR) is 71.0 cm³/mol. The van der Waals surface area contributed by atoms with Gasteiger partial charge in [0.15, 0.2) is 0 Å². The summed E-state index contributed by atoms with van der Waals surface area (Å²) in [6, 6.07) is 4.40. The molecule has 18 heavy (non-hydrogen) atoms. The molecule has 0 N–H and O–H groups in total. The minimum absolute atomic E-state index is 0.148. The molecule has 0 aliphatic carbocycles. The minimum atomic E-state index is -0.148. The van der Waals surface area contributed by atoms with Crippen molar-refractivity contribution in [3.8, 4) is 0 Å². The first kappa shape index (κ1) is 11.6. The highest BCUT2D eigenvalue weighted by molar-refractivity contribution is 5.74. The third kappa shape index (κ3) is 1.98. The normalized spacial score (nSPS) is 17.3. The molecule has 2 heterocycles. The Balaban J connectivity index is 1.98. The first-order chi connectivity index (χ1) is 8.78. The summed E-state index contributed by atoms with van der Waals surface area (Å²) in [6.07, 6.45) is 5.15. The van der Waals surface area contributed by atoms with Gasteiger partial charge in [0, 0.05) is 18.8 Å². The number of ether oxygens (including phenoxy) is 1. The molecule has 0 amide bonds. The Morgan fingerprint density at radius 2 is 1.83 bits per heavy atom. The average molecular weight is 245 g/mol. The largest absolute Gasteiger partial charge is 0.469 e. The molecule has 0 radical (unpaired) electrons. The molecule has 1 aromatic carbocycles. The van der Waals surface area contributed by atoms with Crippen molar-refractivity contribution >= 4 is 11.7 Å². The molecule has 0 saturated carbocycles. The van der Waals surface area contributed by atoms with E-state index in [4.69, 9.17) is 4.74 Å². The van der Waals surface area contributed by atoms with Crippen LogP contribution in [0.3, 0.4) is 0 Å². The van der Waals surface area contributed by atoms with Gasteiger partial charge in [0.1, 0.15) is 0 Å². The lowest BCUT2D eigenvalue weighted by atomic mass is 9.89. The number of carbonyl (C=O) groups is 1. The molecule has 1 aromatic rings. The van der Waals surface area contributed by atoms with E-state index >= 15 is 0 Å². The van der Waals surface area contributed by atoms with Gasteiger partial charge < -0.3 is 9.64 Å². The zero-order valence-electron chi connectivity index (χ0n) is 10.9. The molecule has 2 aliphatic heterocycles. The summed E-state index contributed by atoms with van der Waals surface area (Å²) >= 11 is 0. The summed E-state index contributed by atoms with van der Waals surface area (Å²) in [5.74, 6) is -0.148. The Labute approximate surface area is 108 Å². The van der Waals surface area contributed by atoms with Gasteiger partial charge in [-0.05, 0) is 42.4 Å². The van der Waals surface area contributed by atoms with E-state index in [1.54, 1.807) is 0 Å². The van der Waals surface area contributed by atoms with Gasteiger partial charge in [-0.25, -0.2) is 0 Å². The third-order valence-electron chi connectivity index (χ3n) is 3.97. The predicted octanol–water partition coefficient (Wildman–Crippen LogP) is 2.10. The zero-order chi connectivity index (χ0) is 12.5. The molecule has 3 rings (SSSR count). The maximum atomic E-state index is 11.4. The molecule has 0 saturated heterocycles. The van der Waals surface area contributed by atoms with Gasteiger partial charge in [0.05, 0.1) is 13.5 Å². The number of carbonyl (C=O) groups excluding carboxylic acids is 1. The van der Waals surface area contributed by atoms with E-state index < -0.39 is 0 Å². The maximum Gasteiger partial charge on any atom is 0.309 e. The molecule has 0 aromatic heterocycles. The van der Waals surface area contributed by atoms with Crippen molar-refractivity contribution in [3.63, 3.8) is 0 Å². The minimum Gasteiger partial charge on any atom is -0.469 e. The van der Waals surface area contributed by atoms with Crippen LogP contribution in [0.15, 0.2) is 12.1 Å². The molecule has 0 fully saturated rings. The van der Waals surface area contributed by atoms with Gasteiger partial charge in [0.25, 0.3) is 0 Å². The van der Waals surface area contributed by atoms with Crippen LogP contribution in [0.2, 0.25) is 0 Å². The maximum absolute atomic E-state index is 11.4. The molecule has 96 valence electrons. The third-order valence-corrected chi connectivity index (χ3v) is 3.97. The standard InChI is InChI=1S/C15H19NO2/c1-18-14(17)10-11-8-12-4-2-6-16-7-3-5-13(9-11)15(12)16/h8-9H,2-7,10H2,1H3. The average Bonchev–Trinajstić information content (AvgIpc) is 2.39. The van der Waals surface area contributed by atoms with E-state index in [9.17, 15) is 4.79 Å². The fourth-order valence-corrected chi connectivity index (χ4v) is 3.22. The number of anilines is 1. The summed E-state index contributed by atoms with van der Waals surface area (Å²) in [6.45, 7) is 2.38. The summed E-state index contributed by atoms with van der Waals surface area (Å²) in [5, 5.41) is 0. The van der Waals surface area contributed by atoms with Gasteiger partial charge >= 0.3 is 5.97 Å². The topological polar surface area (TPSA) is 29.5 Å². The summed E-state index contributed by atoms with van der Waals surface area (Å²) in [4.78, 5) is 13.9. The molecule has 3 nitrogen and oxygen atoms in total. The molecular formula is C15H19NO2. The van der Waals surface area contributed by atoms with Crippen molar-refractivity contribution in [1.29, 1.82) is 0 Å². The number of rotatable bonds is 2. The number of aryl methyl sites for hydroxylation is 2. The second kappa shape index (κ2) is 4.63. The molecule has 0 spiro atoms. The molecule has 0 atom stereocenters. The van der Waals surface area contributed by atoms with Gasteiger partial charge in [-0.3, -0.25) is 4.79 Å². The number of hydrogen-bond donors (Lipinski definition) is 0. The number of hydrogen-bond acceptors (Lipinski definition) is 3. The van der Waals surface area contributed by atoms with Crippen molar-refractivity contribution in [2.45, 2.75) is 32.1 Å². The first-order valence-electron chi connectivity index (χ1n) is 6.74. The van der Waals surface area contributed by atoms with Gasteiger partial charge in [0.2, 0.25) is 0 Å². The van der Waals surface area contributed by atoms with E-state index in [0.717, 1.165) is 18.4 Å². The second-order valence-electron chi connectivity index (χ2n) is 5.21. The Hall–Kier alpha value is -1.51. The molecule has 0 unspecified atom stereocenters. The quantitative estimate of drug-likeness (QED) is 0.747. The van der Waals surface area contributed by atoms with Crippen molar-refractivity contribution in [2.24, 2.45) is 0 Å². The van der Waals surface area contributed by atoms with Crippen LogP contribution in [-0.4, -0.2) is 26.2 Å². The van der Waals surface area contributed by atoms with Crippen LogP contribution < -0.4 is 4.90 Å². The molecular weight excluding hydrogens is 226 g/mol. The van der Waals surface area contributed by atoms with Crippen molar-refractivity contribution < 1.29 is 9.53 Å². The van der Waals surface area contributed by atoms with Crippen LogP contribution in [0.4, 0.5) is 5.69 Å². The van der Waals surface area contributed by atoms with E-state index in [1.807, 2.05) is 0 Å². The highest BCUT2D eigenvalue weighted by Crippen LogP contribution is 2.36. The molecule has 3 heteroatoms. The van der Waals surface area contributed by atoms with E-state index in [-0.39, 0.29) is 5.97 Å². The van der Waals surface area contributed by atoms with Crippen molar-refractivity contribution in [3.05, 3.63) is 28.8 Å². The SMILES string of the molecule is COC(=O)Cc1cc2c3c(c1)CCCN3CCC2. The van der Waals surface area contributed by atoms with Crippen LogP contribution >= 0.6 is 0 Å². The van der Waals surface area contributed by atoms with Crippen LogP contribution in [-0.2, 0) is 28.8 Å². The highest BCUT2D eigenvalue weighted by atomic mass is 16.5. The molecule has 2 aliphatic rings. The number of esters is 1. The Kier molecular flexibility index (Phi) is 2.98. The van der Waals surface area contributed by atoms with E-state index in [1.165, 1.54) is 49.9 Å². The van der Waals surface area contributed by atoms with E-state index in [0.29, 0.717) is 6.42 Å². The number of nitrogens with zero attached hydrogens (tertiary/aromatic N) is 1. The van der Waals surface area contributed by atoms with Crippen LogP contribution in [0.5, 0.6) is 0 Å². The monoisotopic (exact) mass is 245 g/mol. The zero-order valence-corrected chi connectivity index (χ0v) is 10.9. The van der Waals surface area contributed by atoms with Crippen molar-refractivity contribution in [2.75, 3.05) is 25.1 Å². The Bertz CT molecular complexity index is 450. The Morgan fingerprint density at radius 1 is 1.22 bits per heavy atom. The van der Waals surface area contributed by atoms with Crippen molar-refractivity contribution in [1.82, 2.24) is 0 Å². The second-order valence-corrected chi connectivity index (χ2v) is 5.21. The number of methoxy groups -OCH3 is 1. The fourth-order valence-electron chi connectivity index (χ4n) is 3.22. The smallest absolute Gasteiger partial charge is 0.309 e. The van der Waals surface area contributed by atoms with Crippen LogP contribution in [0.25, 0.3) is 0 Å². The summed E-state index contributed by atoms with van der Waals surface area (Å²) < 4.78 is 4.76. The molecule has 0 bridgehead atoms. The van der Waals surface area contributed by atoms with Gasteiger partial charge in [-0.15, -0.1) is 0 Å². The van der Waals surface area contributed by atoms with Crippen LogP contribution in [0, 0.1) is 0 Å². The number of benzene rings is 1. The van der Waals surface area contributed by atoms with Gasteiger partial charge in [-0.1, -0.05) is 12.1 Å². The van der Waals surface area contributed by atoms with E-state index in [2.05, 4.69) is 17.0 Å². The lowest BCUT2D eigenvalue weighted by Crippen LogP contribution is -2.34. The lowest BCUT2D eigenvalue weighted by molar-refractivity contribution is -0.139. The lowest BCUT2D eigenvalue weighted by Gasteiger charge is -2.37.